The molecule has 2 rings (SSSR count). The molecule has 0 saturated heterocycles. The van der Waals surface area contributed by atoms with Crippen LogP contribution in [0.3, 0.4) is 0 Å². The van der Waals surface area contributed by atoms with Crippen molar-refractivity contribution >= 4 is 17.7 Å². The lowest BCUT2D eigenvalue weighted by Crippen LogP contribution is -2.27. The summed E-state index contributed by atoms with van der Waals surface area (Å²) in [5.41, 5.74) is 0.876. The molecule has 0 fully saturated rings. The Morgan fingerprint density at radius 3 is 2.71 bits per heavy atom. The van der Waals surface area contributed by atoms with Crippen molar-refractivity contribution in [1.29, 1.82) is 0 Å². The minimum absolute atomic E-state index is 0.0247. The van der Waals surface area contributed by atoms with Crippen molar-refractivity contribution in [3.63, 3.8) is 0 Å². The quantitative estimate of drug-likeness (QED) is 0.854. The molecule has 112 valence electrons. The summed E-state index contributed by atoms with van der Waals surface area (Å²) >= 11 is 1.43. The van der Waals surface area contributed by atoms with E-state index in [2.05, 4.69) is 0 Å². The highest BCUT2D eigenvalue weighted by atomic mass is 32.2. The number of carbonyl (C=O) groups excluding carboxylic acids is 1. The molecule has 1 N–H and O–H groups in total. The molecule has 21 heavy (non-hydrogen) atoms. The molecule has 0 radical (unpaired) electrons. The SMILES string of the molecule is CN(Cc1ccco1)C(=O)CSCC(O)c1ccccc1. The number of aliphatic hydroxyl groups excluding tert-OH is 1. The Bertz CT molecular complexity index is 542. The molecule has 0 aliphatic carbocycles. The third kappa shape index (κ3) is 4.95. The van der Waals surface area contributed by atoms with Crippen LogP contribution in [0.15, 0.2) is 53.1 Å². The second kappa shape index (κ2) is 7.90. The average Bonchev–Trinajstić information content (AvgIpc) is 3.00. The number of furan rings is 1. The lowest BCUT2D eigenvalue weighted by molar-refractivity contribution is -0.127. The summed E-state index contributed by atoms with van der Waals surface area (Å²) < 4.78 is 5.21. The zero-order valence-electron chi connectivity index (χ0n) is 11.9. The maximum atomic E-state index is 12.0. The Kier molecular flexibility index (Phi) is 5.90. The zero-order chi connectivity index (χ0) is 15.1. The number of carbonyl (C=O) groups is 1. The van der Waals surface area contributed by atoms with Gasteiger partial charge in [-0.25, -0.2) is 0 Å². The predicted molar refractivity (Wildman–Crippen MR) is 83.9 cm³/mol. The monoisotopic (exact) mass is 305 g/mol. The van der Waals surface area contributed by atoms with E-state index in [0.717, 1.165) is 11.3 Å². The molecular formula is C16H19NO3S. The van der Waals surface area contributed by atoms with Gasteiger partial charge in [0.2, 0.25) is 5.91 Å². The largest absolute Gasteiger partial charge is 0.467 e. The van der Waals surface area contributed by atoms with Crippen molar-refractivity contribution in [1.82, 2.24) is 4.90 Å². The third-order valence-electron chi connectivity index (χ3n) is 3.08. The Hall–Kier alpha value is -1.72. The fourth-order valence-corrected chi connectivity index (χ4v) is 2.79. The maximum absolute atomic E-state index is 12.0. The summed E-state index contributed by atoms with van der Waals surface area (Å²) in [5.74, 6) is 1.64. The summed E-state index contributed by atoms with van der Waals surface area (Å²) in [6.07, 6.45) is 1.05. The van der Waals surface area contributed by atoms with E-state index in [-0.39, 0.29) is 5.91 Å². The van der Waals surface area contributed by atoms with Crippen molar-refractivity contribution in [2.24, 2.45) is 0 Å². The maximum Gasteiger partial charge on any atom is 0.232 e. The van der Waals surface area contributed by atoms with E-state index in [1.165, 1.54) is 11.8 Å². The number of thioether (sulfide) groups is 1. The molecule has 1 amide bonds. The summed E-state index contributed by atoms with van der Waals surface area (Å²) in [5, 5.41) is 10.0. The smallest absolute Gasteiger partial charge is 0.232 e. The van der Waals surface area contributed by atoms with Crippen LogP contribution in [-0.2, 0) is 11.3 Å². The number of aliphatic hydroxyl groups is 1. The van der Waals surface area contributed by atoms with E-state index in [1.54, 1.807) is 24.3 Å². The first-order chi connectivity index (χ1) is 10.2. The number of benzene rings is 1. The minimum Gasteiger partial charge on any atom is -0.467 e. The highest BCUT2D eigenvalue weighted by Crippen LogP contribution is 2.18. The molecule has 1 aromatic heterocycles. The molecule has 4 nitrogen and oxygen atoms in total. The van der Waals surface area contributed by atoms with Crippen LogP contribution < -0.4 is 0 Å². The Balaban J connectivity index is 1.71. The van der Waals surface area contributed by atoms with Crippen LogP contribution in [0.25, 0.3) is 0 Å². The zero-order valence-corrected chi connectivity index (χ0v) is 12.8. The fraction of sp³-hybridized carbons (Fsp3) is 0.312. The Morgan fingerprint density at radius 2 is 2.05 bits per heavy atom. The molecule has 5 heteroatoms. The van der Waals surface area contributed by atoms with Crippen LogP contribution in [0.1, 0.15) is 17.4 Å². The third-order valence-corrected chi connectivity index (χ3v) is 4.09. The molecule has 0 aliphatic rings. The molecule has 0 spiro atoms. The molecule has 1 unspecified atom stereocenters. The first-order valence-corrected chi connectivity index (χ1v) is 7.89. The van der Waals surface area contributed by atoms with Crippen LogP contribution >= 0.6 is 11.8 Å². The number of nitrogens with zero attached hydrogens (tertiary/aromatic N) is 1. The van der Waals surface area contributed by atoms with Crippen LogP contribution in [0, 0.1) is 0 Å². The molecule has 1 atom stereocenters. The van der Waals surface area contributed by atoms with Crippen molar-refractivity contribution in [2.45, 2.75) is 12.6 Å². The van der Waals surface area contributed by atoms with Gasteiger partial charge in [0.15, 0.2) is 0 Å². The second-order valence-electron chi connectivity index (χ2n) is 4.77. The minimum atomic E-state index is -0.542. The summed E-state index contributed by atoms with van der Waals surface area (Å²) in [6, 6.07) is 13.1. The number of hydrogen-bond donors (Lipinski definition) is 1. The fourth-order valence-electron chi connectivity index (χ4n) is 1.86. The predicted octanol–water partition coefficient (Wildman–Crippen LogP) is 2.70. The standard InChI is InChI=1S/C16H19NO3S/c1-17(10-14-8-5-9-20-14)16(19)12-21-11-15(18)13-6-3-2-4-7-13/h2-9,15,18H,10-12H2,1H3. The summed E-state index contributed by atoms with van der Waals surface area (Å²) in [6.45, 7) is 0.466. The molecular weight excluding hydrogens is 286 g/mol. The van der Waals surface area contributed by atoms with Gasteiger partial charge in [-0.15, -0.1) is 11.8 Å². The van der Waals surface area contributed by atoms with Crippen LogP contribution in [0.2, 0.25) is 0 Å². The number of amides is 1. The van der Waals surface area contributed by atoms with Crippen LogP contribution in [0.5, 0.6) is 0 Å². The molecule has 2 aromatic rings. The van der Waals surface area contributed by atoms with Gasteiger partial charge in [0.05, 0.1) is 24.7 Å². The normalized spacial score (nSPS) is 12.1. The van der Waals surface area contributed by atoms with Gasteiger partial charge in [0, 0.05) is 12.8 Å². The molecule has 1 aromatic carbocycles. The van der Waals surface area contributed by atoms with Crippen LogP contribution in [0.4, 0.5) is 0 Å². The molecule has 0 saturated carbocycles. The average molecular weight is 305 g/mol. The van der Waals surface area contributed by atoms with Gasteiger partial charge in [-0.1, -0.05) is 30.3 Å². The van der Waals surface area contributed by atoms with Gasteiger partial charge in [-0.05, 0) is 17.7 Å². The summed E-state index contributed by atoms with van der Waals surface area (Å²) in [4.78, 5) is 13.6. The Morgan fingerprint density at radius 1 is 1.29 bits per heavy atom. The van der Waals surface area contributed by atoms with Gasteiger partial charge >= 0.3 is 0 Å². The summed E-state index contributed by atoms with van der Waals surface area (Å²) in [7, 11) is 1.75. The van der Waals surface area contributed by atoms with Gasteiger partial charge in [-0.2, -0.15) is 0 Å². The van der Waals surface area contributed by atoms with Crippen molar-refractivity contribution in [3.05, 3.63) is 60.1 Å². The lowest BCUT2D eigenvalue weighted by atomic mass is 10.1. The van der Waals surface area contributed by atoms with Crippen molar-refractivity contribution in [2.75, 3.05) is 18.6 Å². The van der Waals surface area contributed by atoms with Gasteiger partial charge < -0.3 is 14.4 Å². The first-order valence-electron chi connectivity index (χ1n) is 6.74. The lowest BCUT2D eigenvalue weighted by Gasteiger charge is -2.16. The van der Waals surface area contributed by atoms with E-state index >= 15 is 0 Å². The van der Waals surface area contributed by atoms with E-state index in [9.17, 15) is 9.90 Å². The van der Waals surface area contributed by atoms with Gasteiger partial charge in [-0.3, -0.25) is 4.79 Å². The first kappa shape index (κ1) is 15.7. The van der Waals surface area contributed by atoms with E-state index in [4.69, 9.17) is 4.42 Å². The highest BCUT2D eigenvalue weighted by molar-refractivity contribution is 7.99. The number of hydrogen-bond acceptors (Lipinski definition) is 4. The topological polar surface area (TPSA) is 53.7 Å². The molecule has 0 bridgehead atoms. The van der Waals surface area contributed by atoms with Gasteiger partial charge in [0.1, 0.15) is 5.76 Å². The van der Waals surface area contributed by atoms with E-state index in [0.29, 0.717) is 18.1 Å². The second-order valence-corrected chi connectivity index (χ2v) is 5.80. The number of rotatable bonds is 7. The van der Waals surface area contributed by atoms with Crippen LogP contribution in [-0.4, -0.2) is 34.5 Å². The van der Waals surface area contributed by atoms with Crippen molar-refractivity contribution < 1.29 is 14.3 Å². The van der Waals surface area contributed by atoms with E-state index < -0.39 is 6.10 Å². The molecule has 0 aliphatic heterocycles. The Labute approximate surface area is 128 Å². The van der Waals surface area contributed by atoms with Crippen molar-refractivity contribution in [3.8, 4) is 0 Å². The molecule has 1 heterocycles. The highest BCUT2D eigenvalue weighted by Gasteiger charge is 2.13. The van der Waals surface area contributed by atoms with E-state index in [1.807, 2.05) is 36.4 Å². The van der Waals surface area contributed by atoms with Gasteiger partial charge in [0.25, 0.3) is 0 Å².